The Balaban J connectivity index is 2.22. The Morgan fingerprint density at radius 3 is 2.65 bits per heavy atom. The van der Waals surface area contributed by atoms with E-state index in [1.165, 1.54) is 19.3 Å². The normalized spacial score (nSPS) is 16.8. The number of aromatic nitrogens is 1. The van der Waals surface area contributed by atoms with E-state index in [0.29, 0.717) is 0 Å². The second-order valence-electron chi connectivity index (χ2n) is 4.45. The molecule has 3 nitrogen and oxygen atoms in total. The number of hydrogen-bond donors (Lipinski definition) is 0. The summed E-state index contributed by atoms with van der Waals surface area (Å²) in [5.41, 5.74) is 2.74. The highest BCUT2D eigenvalue weighted by Gasteiger charge is 2.16. The number of piperidine rings is 1. The molecule has 0 aromatic carbocycles. The lowest BCUT2D eigenvalue weighted by Gasteiger charge is -2.25. The van der Waals surface area contributed by atoms with E-state index in [9.17, 15) is 5.26 Å². The van der Waals surface area contributed by atoms with Crippen molar-refractivity contribution in [3.05, 3.63) is 22.9 Å². The lowest BCUT2D eigenvalue weighted by Crippen LogP contribution is -2.23. The van der Waals surface area contributed by atoms with Gasteiger partial charge >= 0.3 is 0 Å². The molecule has 2 rings (SSSR count). The molecule has 17 heavy (non-hydrogen) atoms. The Bertz CT molecular complexity index is 445. The molecular formula is C13H17N3S. The predicted octanol–water partition coefficient (Wildman–Crippen LogP) is 3.06. The van der Waals surface area contributed by atoms with Crippen molar-refractivity contribution in [2.75, 3.05) is 13.1 Å². The zero-order valence-corrected chi connectivity index (χ0v) is 11.2. The zero-order valence-electron chi connectivity index (χ0n) is 10.4. The molecule has 1 aliphatic rings. The van der Waals surface area contributed by atoms with Crippen LogP contribution in [-0.4, -0.2) is 22.4 Å². The minimum absolute atomic E-state index is 0.728. The molecule has 4 heteroatoms. The van der Waals surface area contributed by atoms with E-state index < -0.39 is 0 Å². The van der Waals surface area contributed by atoms with Gasteiger partial charge in [-0.15, -0.1) is 0 Å². The highest BCUT2D eigenvalue weighted by molar-refractivity contribution is 7.97. The Kier molecular flexibility index (Phi) is 4.03. The van der Waals surface area contributed by atoms with E-state index >= 15 is 0 Å². The molecule has 0 saturated carbocycles. The summed E-state index contributed by atoms with van der Waals surface area (Å²) in [6, 6.07) is 4.24. The number of nitriles is 1. The molecule has 1 saturated heterocycles. The van der Waals surface area contributed by atoms with Crippen LogP contribution in [0.1, 0.15) is 36.1 Å². The second kappa shape index (κ2) is 5.52. The van der Waals surface area contributed by atoms with Crippen LogP contribution in [0.25, 0.3) is 0 Å². The first-order valence-electron chi connectivity index (χ1n) is 6.02. The van der Waals surface area contributed by atoms with Crippen LogP contribution in [0.2, 0.25) is 0 Å². The van der Waals surface area contributed by atoms with E-state index in [-0.39, 0.29) is 0 Å². The van der Waals surface area contributed by atoms with Gasteiger partial charge in [0.1, 0.15) is 11.1 Å². The lowest BCUT2D eigenvalue weighted by molar-refractivity contribution is 0.380. The Hall–Kier alpha value is -1.05. The summed E-state index contributed by atoms with van der Waals surface area (Å²) in [7, 11) is 0. The average Bonchev–Trinajstić information content (AvgIpc) is 2.30. The minimum Gasteiger partial charge on any atom is -0.245 e. The van der Waals surface area contributed by atoms with Crippen molar-refractivity contribution in [3.63, 3.8) is 0 Å². The number of hydrogen-bond acceptors (Lipinski definition) is 4. The summed E-state index contributed by atoms with van der Waals surface area (Å²) in [5, 5.41) is 10.1. The lowest BCUT2D eigenvalue weighted by atomic mass is 10.1. The van der Waals surface area contributed by atoms with Gasteiger partial charge in [0.2, 0.25) is 0 Å². The molecule has 0 spiro atoms. The van der Waals surface area contributed by atoms with E-state index in [2.05, 4.69) is 15.4 Å². The summed E-state index contributed by atoms with van der Waals surface area (Å²) in [6.07, 6.45) is 3.82. The molecule has 0 N–H and O–H groups in total. The third-order valence-corrected chi connectivity index (χ3v) is 4.05. The van der Waals surface area contributed by atoms with Gasteiger partial charge in [0.15, 0.2) is 0 Å². The first-order valence-corrected chi connectivity index (χ1v) is 6.79. The van der Waals surface area contributed by atoms with Crippen LogP contribution in [0.5, 0.6) is 0 Å². The molecule has 1 aromatic rings. The molecule has 0 amide bonds. The molecule has 1 aliphatic heterocycles. The fraction of sp³-hybridized carbons (Fsp3) is 0.538. The standard InChI is InChI=1S/C13H17N3S/c1-10-8-11(2)15-13(12(10)9-14)17-16-6-4-3-5-7-16/h8H,3-7H2,1-2H3. The van der Waals surface area contributed by atoms with Gasteiger partial charge < -0.3 is 0 Å². The van der Waals surface area contributed by atoms with Gasteiger partial charge in [-0.2, -0.15) is 5.26 Å². The molecule has 90 valence electrons. The van der Waals surface area contributed by atoms with E-state index in [4.69, 9.17) is 0 Å². The zero-order chi connectivity index (χ0) is 12.3. The monoisotopic (exact) mass is 247 g/mol. The number of nitrogens with zero attached hydrogens (tertiary/aromatic N) is 3. The maximum Gasteiger partial charge on any atom is 0.129 e. The van der Waals surface area contributed by atoms with Crippen LogP contribution >= 0.6 is 11.9 Å². The Labute approximate surface area is 107 Å². The van der Waals surface area contributed by atoms with Gasteiger partial charge in [-0.1, -0.05) is 6.42 Å². The first kappa shape index (κ1) is 12.4. The van der Waals surface area contributed by atoms with Crippen molar-refractivity contribution < 1.29 is 0 Å². The van der Waals surface area contributed by atoms with Gasteiger partial charge in [-0.3, -0.25) is 0 Å². The molecule has 0 aliphatic carbocycles. The fourth-order valence-corrected chi connectivity index (χ4v) is 3.25. The topological polar surface area (TPSA) is 39.9 Å². The van der Waals surface area contributed by atoms with Gasteiger partial charge in [-0.25, -0.2) is 9.29 Å². The molecular weight excluding hydrogens is 230 g/mol. The highest BCUT2D eigenvalue weighted by atomic mass is 32.2. The molecule has 2 heterocycles. The van der Waals surface area contributed by atoms with Gasteiger partial charge in [0, 0.05) is 18.8 Å². The summed E-state index contributed by atoms with van der Waals surface area (Å²) < 4.78 is 2.32. The molecule has 0 atom stereocenters. The Morgan fingerprint density at radius 2 is 2.00 bits per heavy atom. The maximum atomic E-state index is 9.20. The van der Waals surface area contributed by atoms with E-state index in [1.807, 2.05) is 19.9 Å². The highest BCUT2D eigenvalue weighted by Crippen LogP contribution is 2.28. The molecule has 0 radical (unpaired) electrons. The molecule has 0 bridgehead atoms. The van der Waals surface area contributed by atoms with Crippen LogP contribution in [0, 0.1) is 25.2 Å². The smallest absolute Gasteiger partial charge is 0.129 e. The third-order valence-electron chi connectivity index (χ3n) is 2.95. The van der Waals surface area contributed by atoms with Crippen molar-refractivity contribution in [3.8, 4) is 6.07 Å². The molecule has 1 fully saturated rings. The van der Waals surface area contributed by atoms with Gasteiger partial charge in [-0.05, 0) is 50.3 Å². The van der Waals surface area contributed by atoms with Crippen LogP contribution in [0.15, 0.2) is 11.1 Å². The quantitative estimate of drug-likeness (QED) is 0.753. The Morgan fingerprint density at radius 1 is 1.29 bits per heavy atom. The third kappa shape index (κ3) is 2.99. The van der Waals surface area contributed by atoms with Crippen molar-refractivity contribution in [1.29, 1.82) is 5.26 Å². The SMILES string of the molecule is Cc1cc(C)c(C#N)c(SN2CCCCC2)n1. The fourth-order valence-electron chi connectivity index (χ4n) is 2.08. The van der Waals surface area contributed by atoms with Crippen LogP contribution in [0.4, 0.5) is 0 Å². The maximum absolute atomic E-state index is 9.20. The van der Waals surface area contributed by atoms with Crippen LogP contribution in [0.3, 0.4) is 0 Å². The second-order valence-corrected chi connectivity index (χ2v) is 5.54. The largest absolute Gasteiger partial charge is 0.245 e. The average molecular weight is 247 g/mol. The summed E-state index contributed by atoms with van der Waals surface area (Å²) in [5.74, 6) is 0. The van der Waals surface area contributed by atoms with E-state index in [0.717, 1.165) is 34.9 Å². The predicted molar refractivity (Wildman–Crippen MR) is 69.7 cm³/mol. The van der Waals surface area contributed by atoms with Crippen LogP contribution < -0.4 is 0 Å². The number of rotatable bonds is 2. The van der Waals surface area contributed by atoms with Gasteiger partial charge in [0.05, 0.1) is 5.56 Å². The summed E-state index contributed by atoms with van der Waals surface area (Å²) >= 11 is 1.64. The van der Waals surface area contributed by atoms with Crippen molar-refractivity contribution in [2.45, 2.75) is 38.1 Å². The summed E-state index contributed by atoms with van der Waals surface area (Å²) in [6.45, 7) is 6.16. The molecule has 0 unspecified atom stereocenters. The van der Waals surface area contributed by atoms with Crippen molar-refractivity contribution in [1.82, 2.24) is 9.29 Å². The van der Waals surface area contributed by atoms with Crippen molar-refractivity contribution >= 4 is 11.9 Å². The number of pyridine rings is 1. The molecule has 1 aromatic heterocycles. The van der Waals surface area contributed by atoms with Crippen molar-refractivity contribution in [2.24, 2.45) is 0 Å². The number of aryl methyl sites for hydroxylation is 2. The minimum atomic E-state index is 0.728. The first-order chi connectivity index (χ1) is 8.20. The van der Waals surface area contributed by atoms with E-state index in [1.54, 1.807) is 11.9 Å². The van der Waals surface area contributed by atoms with Crippen LogP contribution in [-0.2, 0) is 0 Å². The summed E-state index contributed by atoms with van der Waals surface area (Å²) in [4.78, 5) is 4.50. The van der Waals surface area contributed by atoms with Gasteiger partial charge in [0.25, 0.3) is 0 Å².